The average molecular weight is 634 g/mol. The van der Waals surface area contributed by atoms with Gasteiger partial charge in [-0.15, -0.1) is 0 Å². The molecule has 4 saturated heterocycles. The fourth-order valence-corrected chi connectivity index (χ4v) is 7.66. The highest BCUT2D eigenvalue weighted by atomic mass is 35.5. The molecule has 5 aliphatic rings. The van der Waals surface area contributed by atoms with E-state index in [4.69, 9.17) is 26.3 Å². The molecular formula is C33H34ClF2N7O2. The van der Waals surface area contributed by atoms with Crippen LogP contribution in [0.25, 0.3) is 10.8 Å². The summed E-state index contributed by atoms with van der Waals surface area (Å²) in [5, 5.41) is 11.1. The van der Waals surface area contributed by atoms with E-state index in [0.29, 0.717) is 55.7 Å². The standard InChI is InChI=1S/C33H34ClF2N7O2/c1-20(35)32(44)43-16-15-42(17-23(43)7-11-37)31-24-10-14-41(27-4-2-3-22-5-6-25(36)30(34)29(22)27)18-26(24)38-33(39-31)45-28-19-40-12-8-21(28)9-13-40/h2-6,21,23,28H,1,7-10,12-19H2/t23-,28?/m0/s1. The summed E-state index contributed by atoms with van der Waals surface area (Å²) in [7, 11) is 0. The number of nitrogens with zero attached hydrogens (tertiary/aromatic N) is 7. The SMILES string of the molecule is C=C(F)C(=O)N1CCN(c2nc(OC3CN4CCC3CC4)nc3c2CCN(c2cccc4ccc(F)c(Cl)c24)C3)C[C@@H]1CC#N. The molecule has 1 unspecified atom stereocenters. The molecule has 9 nitrogen and oxygen atoms in total. The number of fused-ring (bicyclic) bond motifs is 5. The number of aromatic nitrogens is 2. The van der Waals surface area contributed by atoms with E-state index in [9.17, 15) is 18.8 Å². The number of ether oxygens (including phenoxy) is 1. The molecule has 8 rings (SSSR count). The smallest absolute Gasteiger partial charge is 0.319 e. The van der Waals surface area contributed by atoms with Gasteiger partial charge in [0.25, 0.3) is 5.91 Å². The van der Waals surface area contributed by atoms with Crippen molar-refractivity contribution >= 4 is 39.8 Å². The Labute approximate surface area is 265 Å². The highest BCUT2D eigenvalue weighted by molar-refractivity contribution is 6.36. The van der Waals surface area contributed by atoms with Gasteiger partial charge in [-0.05, 0) is 55.8 Å². The van der Waals surface area contributed by atoms with Crippen molar-refractivity contribution in [2.24, 2.45) is 5.92 Å². The minimum atomic E-state index is -1.03. The second-order valence-electron chi connectivity index (χ2n) is 12.3. The van der Waals surface area contributed by atoms with Crippen LogP contribution in [0.15, 0.2) is 42.7 Å². The van der Waals surface area contributed by atoms with Crippen molar-refractivity contribution in [2.75, 3.05) is 55.6 Å². The van der Waals surface area contributed by atoms with Gasteiger partial charge in [0.1, 0.15) is 17.7 Å². The Morgan fingerprint density at radius 2 is 1.91 bits per heavy atom. The molecule has 2 bridgehead atoms. The third-order valence-corrected chi connectivity index (χ3v) is 10.1. The first-order valence-corrected chi connectivity index (χ1v) is 15.9. The molecule has 0 saturated carbocycles. The van der Waals surface area contributed by atoms with Gasteiger partial charge in [-0.1, -0.05) is 36.4 Å². The van der Waals surface area contributed by atoms with Crippen LogP contribution in [0.3, 0.4) is 0 Å². The van der Waals surface area contributed by atoms with E-state index >= 15 is 0 Å². The van der Waals surface area contributed by atoms with Gasteiger partial charge in [-0.25, -0.2) is 8.78 Å². The molecule has 3 aromatic rings. The highest BCUT2D eigenvalue weighted by Crippen LogP contribution is 2.39. The number of anilines is 2. The van der Waals surface area contributed by atoms with E-state index < -0.39 is 23.6 Å². The third-order valence-electron chi connectivity index (χ3n) is 9.73. The van der Waals surface area contributed by atoms with E-state index in [1.807, 2.05) is 18.2 Å². The van der Waals surface area contributed by atoms with Crippen LogP contribution < -0.4 is 14.5 Å². The first-order valence-electron chi connectivity index (χ1n) is 15.5. The van der Waals surface area contributed by atoms with Crippen LogP contribution in [0.1, 0.15) is 30.5 Å². The molecule has 1 aromatic heterocycles. The Hall–Kier alpha value is -4.01. The minimum absolute atomic E-state index is 0.00526. The molecule has 1 amide bonds. The number of benzene rings is 2. The molecule has 0 spiro atoms. The Morgan fingerprint density at radius 1 is 1.09 bits per heavy atom. The summed E-state index contributed by atoms with van der Waals surface area (Å²) in [6, 6.07) is 10.9. The maximum absolute atomic E-state index is 14.6. The molecule has 4 fully saturated rings. The lowest BCUT2D eigenvalue weighted by Gasteiger charge is -2.44. The number of carbonyl (C=O) groups is 1. The second kappa shape index (κ2) is 12.1. The molecular weight excluding hydrogens is 600 g/mol. The number of piperidine rings is 3. The van der Waals surface area contributed by atoms with Crippen molar-refractivity contribution in [1.29, 1.82) is 5.26 Å². The molecule has 45 heavy (non-hydrogen) atoms. The third kappa shape index (κ3) is 5.55. The Kier molecular flexibility index (Phi) is 7.96. The Balaban J connectivity index is 1.25. The van der Waals surface area contributed by atoms with Gasteiger partial charge in [0, 0.05) is 49.4 Å². The summed E-state index contributed by atoms with van der Waals surface area (Å²) in [6.07, 6.45) is 2.82. The Morgan fingerprint density at radius 3 is 2.64 bits per heavy atom. The number of halogens is 3. The quantitative estimate of drug-likeness (QED) is 0.355. The van der Waals surface area contributed by atoms with Crippen LogP contribution in [0.4, 0.5) is 20.3 Å². The molecule has 0 N–H and O–H groups in total. The van der Waals surface area contributed by atoms with Crippen LogP contribution >= 0.6 is 11.6 Å². The maximum atomic E-state index is 14.6. The zero-order chi connectivity index (χ0) is 31.2. The fraction of sp³-hybridized carbons (Fsp3) is 0.455. The van der Waals surface area contributed by atoms with Crippen LogP contribution in [0.5, 0.6) is 6.01 Å². The van der Waals surface area contributed by atoms with Crippen molar-refractivity contribution in [3.05, 3.63) is 64.8 Å². The lowest BCUT2D eigenvalue weighted by Crippen LogP contribution is -2.56. The molecule has 2 aromatic carbocycles. The van der Waals surface area contributed by atoms with Crippen molar-refractivity contribution in [3.63, 3.8) is 0 Å². The Bertz CT molecular complexity index is 1710. The monoisotopic (exact) mass is 633 g/mol. The van der Waals surface area contributed by atoms with Crippen LogP contribution in [0.2, 0.25) is 5.02 Å². The second-order valence-corrected chi connectivity index (χ2v) is 12.7. The van der Waals surface area contributed by atoms with Crippen LogP contribution in [-0.4, -0.2) is 83.6 Å². The summed E-state index contributed by atoms with van der Waals surface area (Å²) >= 11 is 6.50. The van der Waals surface area contributed by atoms with Crippen LogP contribution in [-0.2, 0) is 17.8 Å². The van der Waals surface area contributed by atoms with Gasteiger partial charge in [0.15, 0.2) is 5.83 Å². The first-order chi connectivity index (χ1) is 21.8. The summed E-state index contributed by atoms with van der Waals surface area (Å²) < 4.78 is 35.0. The van der Waals surface area contributed by atoms with Gasteiger partial charge in [0.05, 0.1) is 35.8 Å². The molecule has 0 radical (unpaired) electrons. The molecule has 0 aliphatic carbocycles. The van der Waals surface area contributed by atoms with Crippen LogP contribution in [0, 0.1) is 23.1 Å². The molecule has 6 heterocycles. The normalized spacial score (nSPS) is 24.4. The zero-order valence-electron chi connectivity index (χ0n) is 24.9. The summed E-state index contributed by atoms with van der Waals surface area (Å²) in [6.45, 7) is 8.19. The average Bonchev–Trinajstić information content (AvgIpc) is 3.06. The number of amides is 1. The zero-order valence-corrected chi connectivity index (χ0v) is 25.6. The van der Waals surface area contributed by atoms with Gasteiger partial charge < -0.3 is 19.4 Å². The topological polar surface area (TPSA) is 88.8 Å². The van der Waals surface area contributed by atoms with Crippen molar-refractivity contribution in [2.45, 2.75) is 44.4 Å². The van der Waals surface area contributed by atoms with E-state index in [1.54, 1.807) is 6.07 Å². The minimum Gasteiger partial charge on any atom is -0.458 e. The van der Waals surface area contributed by atoms with E-state index in [-0.39, 0.29) is 24.1 Å². The van der Waals surface area contributed by atoms with E-state index in [0.717, 1.165) is 54.8 Å². The van der Waals surface area contributed by atoms with Gasteiger partial charge >= 0.3 is 6.01 Å². The maximum Gasteiger partial charge on any atom is 0.319 e. The lowest BCUT2D eigenvalue weighted by molar-refractivity contribution is -0.131. The number of hydrogen-bond donors (Lipinski definition) is 0. The molecule has 5 aliphatic heterocycles. The number of nitriles is 1. The summed E-state index contributed by atoms with van der Waals surface area (Å²) in [4.78, 5) is 30.5. The highest BCUT2D eigenvalue weighted by Gasteiger charge is 2.38. The van der Waals surface area contributed by atoms with E-state index in [2.05, 4.69) is 27.3 Å². The van der Waals surface area contributed by atoms with Gasteiger partial charge in [-0.2, -0.15) is 15.2 Å². The summed E-state index contributed by atoms with van der Waals surface area (Å²) in [5.41, 5.74) is 2.60. The largest absolute Gasteiger partial charge is 0.458 e. The molecule has 12 heteroatoms. The van der Waals surface area contributed by atoms with Crippen molar-refractivity contribution < 1.29 is 18.3 Å². The van der Waals surface area contributed by atoms with Gasteiger partial charge in [0.2, 0.25) is 0 Å². The number of piperazine rings is 1. The van der Waals surface area contributed by atoms with Gasteiger partial charge in [-0.3, -0.25) is 9.69 Å². The summed E-state index contributed by atoms with van der Waals surface area (Å²) in [5.74, 6) is -1.12. The fourth-order valence-electron chi connectivity index (χ4n) is 7.39. The number of hydrogen-bond acceptors (Lipinski definition) is 8. The predicted molar refractivity (Wildman–Crippen MR) is 167 cm³/mol. The van der Waals surface area contributed by atoms with Crippen molar-refractivity contribution in [3.8, 4) is 12.1 Å². The molecule has 2 atom stereocenters. The van der Waals surface area contributed by atoms with E-state index in [1.165, 1.54) is 11.0 Å². The lowest BCUT2D eigenvalue weighted by atomic mass is 9.86. The number of carbonyl (C=O) groups excluding carboxylic acids is 1. The number of rotatable bonds is 6. The van der Waals surface area contributed by atoms with Crippen molar-refractivity contribution in [1.82, 2.24) is 19.8 Å². The molecule has 234 valence electrons. The first kappa shape index (κ1) is 29.7. The predicted octanol–water partition coefficient (Wildman–Crippen LogP) is 4.87.